The lowest BCUT2D eigenvalue weighted by molar-refractivity contribution is 0.234. The van der Waals surface area contributed by atoms with Crippen LogP contribution in [0.3, 0.4) is 0 Å². The van der Waals surface area contributed by atoms with E-state index in [0.717, 1.165) is 12.5 Å². The van der Waals surface area contributed by atoms with E-state index in [2.05, 4.69) is 17.6 Å². The Morgan fingerprint density at radius 3 is 2.46 bits per heavy atom. The molecule has 13 heavy (non-hydrogen) atoms. The van der Waals surface area contributed by atoms with Crippen LogP contribution >= 0.6 is 0 Å². The van der Waals surface area contributed by atoms with Crippen molar-refractivity contribution < 1.29 is 4.79 Å². The summed E-state index contributed by atoms with van der Waals surface area (Å²) in [6.07, 6.45) is 5.18. The van der Waals surface area contributed by atoms with Gasteiger partial charge >= 0.3 is 6.03 Å². The third-order valence-electron chi connectivity index (χ3n) is 2.91. The lowest BCUT2D eigenvalue weighted by Gasteiger charge is -2.26. The summed E-state index contributed by atoms with van der Waals surface area (Å²) in [5, 5.41) is 5.43. The minimum absolute atomic E-state index is 0.0568. The molecule has 0 heterocycles. The quantitative estimate of drug-likeness (QED) is 0.674. The van der Waals surface area contributed by atoms with Crippen LogP contribution in [-0.4, -0.2) is 19.6 Å². The van der Waals surface area contributed by atoms with Crippen LogP contribution in [0.15, 0.2) is 0 Å². The van der Waals surface area contributed by atoms with Crippen LogP contribution in [0.5, 0.6) is 0 Å². The van der Waals surface area contributed by atoms with E-state index in [4.69, 9.17) is 0 Å². The van der Waals surface area contributed by atoms with E-state index in [1.54, 1.807) is 7.05 Å². The van der Waals surface area contributed by atoms with E-state index >= 15 is 0 Å². The Balaban J connectivity index is 2.12. The summed E-state index contributed by atoms with van der Waals surface area (Å²) in [6.45, 7) is 3.15. The van der Waals surface area contributed by atoms with Gasteiger partial charge in [-0.15, -0.1) is 0 Å². The number of hydrogen-bond donors (Lipinski definition) is 2. The van der Waals surface area contributed by atoms with Crippen LogP contribution in [0.1, 0.15) is 32.6 Å². The summed E-state index contributed by atoms with van der Waals surface area (Å²) in [5.41, 5.74) is 0. The normalized spacial score (nSPS) is 28.2. The van der Waals surface area contributed by atoms with Gasteiger partial charge in [0, 0.05) is 13.6 Å². The second-order valence-corrected chi connectivity index (χ2v) is 4.09. The van der Waals surface area contributed by atoms with Crippen molar-refractivity contribution in [2.75, 3.05) is 13.6 Å². The van der Waals surface area contributed by atoms with Gasteiger partial charge in [0.15, 0.2) is 0 Å². The first-order chi connectivity index (χ1) is 6.22. The minimum atomic E-state index is -0.0568. The molecule has 0 saturated heterocycles. The van der Waals surface area contributed by atoms with Crippen LogP contribution in [0.2, 0.25) is 0 Å². The summed E-state index contributed by atoms with van der Waals surface area (Å²) < 4.78 is 0. The molecule has 0 aromatic carbocycles. The van der Waals surface area contributed by atoms with Gasteiger partial charge in [0.25, 0.3) is 0 Å². The number of carbonyl (C=O) groups excluding carboxylic acids is 1. The Bertz CT molecular complexity index is 162. The third kappa shape index (κ3) is 3.66. The van der Waals surface area contributed by atoms with E-state index in [1.165, 1.54) is 25.7 Å². The fourth-order valence-corrected chi connectivity index (χ4v) is 1.86. The Labute approximate surface area is 80.3 Å². The van der Waals surface area contributed by atoms with Crippen molar-refractivity contribution in [3.8, 4) is 0 Å². The maximum absolute atomic E-state index is 10.9. The second kappa shape index (κ2) is 5.10. The average Bonchev–Trinajstić information content (AvgIpc) is 2.16. The summed E-state index contributed by atoms with van der Waals surface area (Å²) in [5.74, 6) is 1.59. The lowest BCUT2D eigenvalue weighted by atomic mass is 9.83. The Morgan fingerprint density at radius 1 is 1.31 bits per heavy atom. The molecule has 2 amide bonds. The molecule has 0 atom stereocenters. The Kier molecular flexibility index (Phi) is 4.06. The van der Waals surface area contributed by atoms with E-state index in [1.807, 2.05) is 0 Å². The minimum Gasteiger partial charge on any atom is -0.341 e. The number of nitrogens with one attached hydrogen (secondary N) is 2. The first kappa shape index (κ1) is 10.4. The maximum atomic E-state index is 10.9. The molecular weight excluding hydrogens is 164 g/mol. The highest BCUT2D eigenvalue weighted by molar-refractivity contribution is 5.73. The van der Waals surface area contributed by atoms with Crippen molar-refractivity contribution in [2.24, 2.45) is 11.8 Å². The van der Waals surface area contributed by atoms with Crippen LogP contribution in [0.4, 0.5) is 4.79 Å². The van der Waals surface area contributed by atoms with Gasteiger partial charge in [0.1, 0.15) is 0 Å². The average molecular weight is 184 g/mol. The molecule has 1 saturated carbocycles. The predicted octanol–water partition coefficient (Wildman–Crippen LogP) is 1.74. The number of hydrogen-bond acceptors (Lipinski definition) is 1. The van der Waals surface area contributed by atoms with Gasteiger partial charge in [0.05, 0.1) is 0 Å². The highest BCUT2D eigenvalue weighted by Gasteiger charge is 2.18. The Morgan fingerprint density at radius 2 is 1.92 bits per heavy atom. The van der Waals surface area contributed by atoms with Crippen molar-refractivity contribution in [1.82, 2.24) is 10.6 Å². The molecule has 1 aliphatic rings. The molecule has 1 fully saturated rings. The Hall–Kier alpha value is -0.730. The smallest absolute Gasteiger partial charge is 0.314 e. The molecule has 0 bridgehead atoms. The van der Waals surface area contributed by atoms with Gasteiger partial charge in [0.2, 0.25) is 0 Å². The molecule has 3 heteroatoms. The van der Waals surface area contributed by atoms with Crippen LogP contribution < -0.4 is 10.6 Å². The number of amides is 2. The summed E-state index contributed by atoms with van der Waals surface area (Å²) in [7, 11) is 1.65. The zero-order chi connectivity index (χ0) is 9.68. The molecule has 3 nitrogen and oxygen atoms in total. The molecule has 1 rings (SSSR count). The van der Waals surface area contributed by atoms with Gasteiger partial charge in [-0.25, -0.2) is 4.79 Å². The number of urea groups is 1. The molecule has 1 aliphatic carbocycles. The predicted molar refractivity (Wildman–Crippen MR) is 53.6 cm³/mol. The van der Waals surface area contributed by atoms with Gasteiger partial charge in [-0.2, -0.15) is 0 Å². The number of carbonyl (C=O) groups is 1. The fourth-order valence-electron chi connectivity index (χ4n) is 1.86. The third-order valence-corrected chi connectivity index (χ3v) is 2.91. The van der Waals surface area contributed by atoms with E-state index in [9.17, 15) is 4.79 Å². The van der Waals surface area contributed by atoms with Crippen molar-refractivity contribution >= 4 is 6.03 Å². The second-order valence-electron chi connectivity index (χ2n) is 4.09. The van der Waals surface area contributed by atoms with Gasteiger partial charge in [-0.05, 0) is 24.7 Å². The fraction of sp³-hybridized carbons (Fsp3) is 0.900. The SMILES string of the molecule is CNC(=O)NCC1CCC(C)CC1. The largest absolute Gasteiger partial charge is 0.341 e. The summed E-state index contributed by atoms with van der Waals surface area (Å²) in [6, 6.07) is -0.0568. The van der Waals surface area contributed by atoms with Crippen molar-refractivity contribution in [3.63, 3.8) is 0 Å². The summed E-state index contributed by atoms with van der Waals surface area (Å²) in [4.78, 5) is 10.9. The van der Waals surface area contributed by atoms with Crippen LogP contribution in [0, 0.1) is 11.8 Å². The molecule has 0 radical (unpaired) electrons. The standard InChI is InChI=1S/C10H20N2O/c1-8-3-5-9(6-4-8)7-12-10(13)11-2/h8-9H,3-7H2,1-2H3,(H2,11,12,13). The monoisotopic (exact) mass is 184 g/mol. The van der Waals surface area contributed by atoms with E-state index in [0.29, 0.717) is 5.92 Å². The van der Waals surface area contributed by atoms with Gasteiger partial charge in [-0.3, -0.25) is 0 Å². The van der Waals surface area contributed by atoms with Crippen LogP contribution in [0.25, 0.3) is 0 Å². The zero-order valence-corrected chi connectivity index (χ0v) is 8.60. The van der Waals surface area contributed by atoms with E-state index < -0.39 is 0 Å². The molecule has 0 spiro atoms. The highest BCUT2D eigenvalue weighted by atomic mass is 16.2. The molecule has 0 aliphatic heterocycles. The van der Waals surface area contributed by atoms with Crippen molar-refractivity contribution in [3.05, 3.63) is 0 Å². The maximum Gasteiger partial charge on any atom is 0.314 e. The van der Waals surface area contributed by atoms with Gasteiger partial charge < -0.3 is 10.6 Å². The van der Waals surface area contributed by atoms with Crippen molar-refractivity contribution in [1.29, 1.82) is 0 Å². The highest BCUT2D eigenvalue weighted by Crippen LogP contribution is 2.27. The summed E-state index contributed by atoms with van der Waals surface area (Å²) >= 11 is 0. The molecular formula is C10H20N2O. The van der Waals surface area contributed by atoms with E-state index in [-0.39, 0.29) is 6.03 Å². The lowest BCUT2D eigenvalue weighted by Crippen LogP contribution is -2.36. The van der Waals surface area contributed by atoms with Crippen LogP contribution in [-0.2, 0) is 0 Å². The first-order valence-electron chi connectivity index (χ1n) is 5.18. The zero-order valence-electron chi connectivity index (χ0n) is 8.60. The number of rotatable bonds is 2. The topological polar surface area (TPSA) is 41.1 Å². The van der Waals surface area contributed by atoms with Crippen molar-refractivity contribution in [2.45, 2.75) is 32.6 Å². The molecule has 0 aromatic heterocycles. The van der Waals surface area contributed by atoms with Gasteiger partial charge in [-0.1, -0.05) is 19.8 Å². The first-order valence-corrected chi connectivity index (χ1v) is 5.18. The molecule has 76 valence electrons. The molecule has 0 aromatic rings. The molecule has 2 N–H and O–H groups in total. The molecule has 0 unspecified atom stereocenters.